The largest absolute Gasteiger partial charge is 0.440 e. The number of aromatic nitrogens is 1. The van der Waals surface area contributed by atoms with E-state index in [0.717, 1.165) is 25.0 Å². The van der Waals surface area contributed by atoms with Crippen molar-refractivity contribution < 1.29 is 30.8 Å². The number of piperidine rings is 1. The van der Waals surface area contributed by atoms with Gasteiger partial charge < -0.3 is 9.73 Å². The molecule has 37 heavy (non-hydrogen) atoms. The van der Waals surface area contributed by atoms with E-state index in [1.54, 1.807) is 0 Å². The van der Waals surface area contributed by atoms with Gasteiger partial charge in [-0.1, -0.05) is 49.7 Å². The molecule has 0 bridgehead atoms. The number of alkyl halides is 3. The van der Waals surface area contributed by atoms with Gasteiger partial charge >= 0.3 is 6.18 Å². The van der Waals surface area contributed by atoms with Crippen LogP contribution in [0.5, 0.6) is 0 Å². The number of carbonyl (C=O) groups excluding carboxylic acids is 1. The maximum atomic E-state index is 13.1. The number of oxazole rings is 1. The Hall–Kier alpha value is -3.18. The smallest absolute Gasteiger partial charge is 0.416 e. The zero-order valence-electron chi connectivity index (χ0n) is 20.3. The average molecular weight is 536 g/mol. The zero-order chi connectivity index (χ0) is 26.6. The van der Waals surface area contributed by atoms with Gasteiger partial charge in [-0.15, -0.1) is 0 Å². The van der Waals surface area contributed by atoms with Crippen LogP contribution in [0.3, 0.4) is 0 Å². The summed E-state index contributed by atoms with van der Waals surface area (Å²) in [4.78, 5) is 17.0. The van der Waals surface area contributed by atoms with E-state index in [4.69, 9.17) is 4.42 Å². The third-order valence-corrected chi connectivity index (χ3v) is 8.21. The van der Waals surface area contributed by atoms with Gasteiger partial charge in [0.15, 0.2) is 17.3 Å². The van der Waals surface area contributed by atoms with Crippen molar-refractivity contribution in [3.63, 3.8) is 0 Å². The van der Waals surface area contributed by atoms with Crippen molar-refractivity contribution in [2.45, 2.75) is 49.6 Å². The van der Waals surface area contributed by atoms with Gasteiger partial charge in [0.1, 0.15) is 0 Å². The van der Waals surface area contributed by atoms with Crippen molar-refractivity contribution in [3.05, 3.63) is 71.7 Å². The van der Waals surface area contributed by atoms with Crippen LogP contribution in [-0.2, 0) is 16.2 Å². The lowest BCUT2D eigenvalue weighted by atomic mass is 9.98. The van der Waals surface area contributed by atoms with Crippen molar-refractivity contribution in [1.82, 2.24) is 14.6 Å². The van der Waals surface area contributed by atoms with Crippen molar-refractivity contribution >= 4 is 15.9 Å². The second-order valence-corrected chi connectivity index (χ2v) is 10.8. The first-order chi connectivity index (χ1) is 17.6. The number of nitrogens with one attached hydrogen (secondary N) is 1. The average Bonchev–Trinajstić information content (AvgIpc) is 3.35. The van der Waals surface area contributed by atoms with Gasteiger partial charge in [-0.2, -0.15) is 17.5 Å². The number of hydrogen-bond acceptors (Lipinski definition) is 5. The Morgan fingerprint density at radius 3 is 2.46 bits per heavy atom. The highest BCUT2D eigenvalue weighted by Gasteiger charge is 2.36. The normalized spacial score (nSPS) is 15.6. The quantitative estimate of drug-likeness (QED) is 0.387. The molecular weight excluding hydrogens is 507 g/mol. The molecule has 0 radical (unpaired) electrons. The Morgan fingerprint density at radius 2 is 1.81 bits per heavy atom. The van der Waals surface area contributed by atoms with Crippen LogP contribution >= 0.6 is 0 Å². The molecule has 0 unspecified atom stereocenters. The minimum atomic E-state index is -4.64. The maximum Gasteiger partial charge on any atom is 0.416 e. The Morgan fingerprint density at radius 1 is 1.11 bits per heavy atom. The Labute approximate surface area is 213 Å². The van der Waals surface area contributed by atoms with E-state index < -0.39 is 26.7 Å². The molecule has 0 atom stereocenters. The lowest BCUT2D eigenvalue weighted by Crippen LogP contribution is -2.38. The lowest BCUT2D eigenvalue weighted by Gasteiger charge is -2.30. The van der Waals surface area contributed by atoms with Gasteiger partial charge in [0.25, 0.3) is 5.91 Å². The standard InChI is InChI=1S/C26H28F3N3O4S/c1-2-3-14-30-24(33)22-23(18-8-5-4-6-9-18)36-25(31-22)19-12-15-32(16-13-19)37(34,35)21-11-7-10-20(17-21)26(27,28)29/h4-11,17,19H,2-3,12-16H2,1H3,(H,30,33). The van der Waals surface area contributed by atoms with Crippen molar-refractivity contribution in [2.75, 3.05) is 19.6 Å². The highest BCUT2D eigenvalue weighted by atomic mass is 32.2. The highest BCUT2D eigenvalue weighted by Crippen LogP contribution is 2.35. The van der Waals surface area contributed by atoms with E-state index in [2.05, 4.69) is 10.3 Å². The van der Waals surface area contributed by atoms with Gasteiger partial charge in [-0.05, 0) is 37.5 Å². The molecule has 7 nitrogen and oxygen atoms in total. The summed E-state index contributed by atoms with van der Waals surface area (Å²) in [7, 11) is -4.10. The van der Waals surface area contributed by atoms with E-state index in [9.17, 15) is 26.4 Å². The summed E-state index contributed by atoms with van der Waals surface area (Å²) in [5, 5.41) is 2.86. The molecule has 2 heterocycles. The van der Waals surface area contributed by atoms with Crippen LogP contribution in [0.25, 0.3) is 11.3 Å². The molecule has 1 saturated heterocycles. The Kier molecular flexibility index (Phi) is 8.03. The van der Waals surface area contributed by atoms with Gasteiger partial charge in [-0.25, -0.2) is 13.4 Å². The summed E-state index contributed by atoms with van der Waals surface area (Å²) in [6.45, 7) is 2.71. The third kappa shape index (κ3) is 6.04. The first-order valence-electron chi connectivity index (χ1n) is 12.1. The minimum absolute atomic E-state index is 0.0876. The second kappa shape index (κ2) is 11.1. The van der Waals surface area contributed by atoms with Crippen LogP contribution in [0.15, 0.2) is 63.9 Å². The molecule has 3 aromatic rings. The highest BCUT2D eigenvalue weighted by molar-refractivity contribution is 7.89. The fraction of sp³-hybridized carbons (Fsp3) is 0.385. The number of sulfonamides is 1. The van der Waals surface area contributed by atoms with E-state index in [0.29, 0.717) is 42.7 Å². The molecule has 1 aromatic heterocycles. The Balaban J connectivity index is 1.53. The monoisotopic (exact) mass is 535 g/mol. The number of halogens is 3. The van der Waals surface area contributed by atoms with Gasteiger partial charge in [0, 0.05) is 31.1 Å². The van der Waals surface area contributed by atoms with Crippen LogP contribution < -0.4 is 5.32 Å². The molecule has 1 N–H and O–H groups in total. The number of carbonyl (C=O) groups is 1. The summed E-state index contributed by atoms with van der Waals surface area (Å²) in [6.07, 6.45) is -2.18. The molecule has 0 saturated carbocycles. The number of rotatable bonds is 8. The summed E-state index contributed by atoms with van der Waals surface area (Å²) in [6, 6.07) is 12.9. The van der Waals surface area contributed by atoms with Crippen molar-refractivity contribution in [2.24, 2.45) is 0 Å². The number of benzene rings is 2. The van der Waals surface area contributed by atoms with Crippen molar-refractivity contribution in [1.29, 1.82) is 0 Å². The van der Waals surface area contributed by atoms with Crippen molar-refractivity contribution in [3.8, 4) is 11.3 Å². The predicted octanol–water partition coefficient (Wildman–Crippen LogP) is 5.46. The number of amides is 1. The summed E-state index contributed by atoms with van der Waals surface area (Å²) in [5.41, 5.74) is -0.135. The predicted molar refractivity (Wildman–Crippen MR) is 131 cm³/mol. The van der Waals surface area contributed by atoms with Crippen LogP contribution in [0.2, 0.25) is 0 Å². The summed E-state index contributed by atoms with van der Waals surface area (Å²) < 4.78 is 72.6. The number of hydrogen-bond donors (Lipinski definition) is 1. The van der Waals surface area contributed by atoms with Crippen LogP contribution in [-0.4, -0.2) is 43.2 Å². The molecule has 198 valence electrons. The fourth-order valence-electron chi connectivity index (χ4n) is 4.24. The zero-order valence-corrected chi connectivity index (χ0v) is 21.1. The minimum Gasteiger partial charge on any atom is -0.440 e. The van der Waals surface area contributed by atoms with E-state index in [1.807, 2.05) is 37.3 Å². The molecule has 11 heteroatoms. The first-order valence-corrected chi connectivity index (χ1v) is 13.6. The number of unbranched alkanes of at least 4 members (excludes halogenated alkanes) is 1. The molecule has 2 aromatic carbocycles. The fourth-order valence-corrected chi connectivity index (χ4v) is 5.75. The first kappa shape index (κ1) is 26.9. The Bertz CT molecular complexity index is 1330. The molecule has 4 rings (SSSR count). The third-order valence-electron chi connectivity index (χ3n) is 6.31. The summed E-state index contributed by atoms with van der Waals surface area (Å²) >= 11 is 0. The molecule has 1 fully saturated rings. The van der Waals surface area contributed by atoms with Gasteiger partial charge in [0.05, 0.1) is 10.5 Å². The maximum absolute atomic E-state index is 13.1. The van der Waals surface area contributed by atoms with E-state index >= 15 is 0 Å². The van der Waals surface area contributed by atoms with Crippen LogP contribution in [0.1, 0.15) is 60.5 Å². The van der Waals surface area contributed by atoms with E-state index in [-0.39, 0.29) is 30.6 Å². The number of nitrogens with zero attached hydrogens (tertiary/aromatic N) is 2. The topological polar surface area (TPSA) is 92.5 Å². The lowest BCUT2D eigenvalue weighted by molar-refractivity contribution is -0.137. The molecule has 1 aliphatic heterocycles. The second-order valence-electron chi connectivity index (χ2n) is 8.91. The van der Waals surface area contributed by atoms with Gasteiger partial charge in [-0.3, -0.25) is 4.79 Å². The van der Waals surface area contributed by atoms with Crippen LogP contribution in [0.4, 0.5) is 13.2 Å². The van der Waals surface area contributed by atoms with Gasteiger partial charge in [0.2, 0.25) is 10.0 Å². The molecule has 0 spiro atoms. The van der Waals surface area contributed by atoms with E-state index in [1.165, 1.54) is 10.4 Å². The molecule has 0 aliphatic carbocycles. The summed E-state index contributed by atoms with van der Waals surface area (Å²) in [5.74, 6) is 0.110. The molecular formula is C26H28F3N3O4S. The van der Waals surface area contributed by atoms with Crippen LogP contribution in [0, 0.1) is 0 Å². The molecule has 1 amide bonds. The molecule has 1 aliphatic rings. The SMILES string of the molecule is CCCCNC(=O)c1nc(C2CCN(S(=O)(=O)c3cccc(C(F)(F)F)c3)CC2)oc1-c1ccccc1.